The second-order valence-electron chi connectivity index (χ2n) is 8.45. The number of amides is 2. The Morgan fingerprint density at radius 1 is 1.26 bits per heavy atom. The highest BCUT2D eigenvalue weighted by Crippen LogP contribution is 2.23. The fourth-order valence-electron chi connectivity index (χ4n) is 3.45. The molecule has 9 nitrogen and oxygen atoms in total. The van der Waals surface area contributed by atoms with E-state index in [-0.39, 0.29) is 46.8 Å². The second kappa shape index (κ2) is 6.88. The summed E-state index contributed by atoms with van der Waals surface area (Å²) in [5, 5.41) is 7.23. The quantitative estimate of drug-likeness (QED) is 0.779. The lowest BCUT2D eigenvalue weighted by atomic mass is 9.96. The molecule has 2 aliphatic rings. The molecule has 150 valence electrons. The molecule has 3 rings (SSSR count). The topological polar surface area (TPSA) is 114 Å². The lowest BCUT2D eigenvalue weighted by Crippen LogP contribution is -2.58. The van der Waals surface area contributed by atoms with Crippen LogP contribution in [0.3, 0.4) is 0 Å². The highest BCUT2D eigenvalue weighted by atomic mass is 32.2. The van der Waals surface area contributed by atoms with E-state index in [2.05, 4.69) is 15.4 Å². The number of likely N-dealkylation sites (tertiary alicyclic amines) is 1. The molecule has 0 spiro atoms. The van der Waals surface area contributed by atoms with E-state index in [1.807, 2.05) is 27.7 Å². The van der Waals surface area contributed by atoms with Gasteiger partial charge in [-0.05, 0) is 40.5 Å². The van der Waals surface area contributed by atoms with Gasteiger partial charge in [-0.2, -0.15) is 0 Å². The Hall–Kier alpha value is -1.97. The minimum atomic E-state index is -3.04. The maximum absolute atomic E-state index is 12.9. The van der Waals surface area contributed by atoms with Gasteiger partial charge in [-0.15, -0.1) is 5.10 Å². The molecule has 1 N–H and O–H groups in total. The third-order valence-electron chi connectivity index (χ3n) is 5.23. The molecule has 1 aromatic rings. The standard InChI is InChI=1S/C17H27N5O4S/c1-11-13(19-15(23)12-8-27(25,26)9-12)6-5-7-21(11)16(24)14-18-10-22(20-14)17(2,3)4/h10-13H,5-9H2,1-4H3,(H,19,23). The Kier molecular flexibility index (Phi) is 5.04. The maximum atomic E-state index is 12.9. The van der Waals surface area contributed by atoms with E-state index in [1.54, 1.807) is 15.9 Å². The number of hydrogen-bond acceptors (Lipinski definition) is 6. The molecular weight excluding hydrogens is 370 g/mol. The van der Waals surface area contributed by atoms with Gasteiger partial charge in [-0.3, -0.25) is 9.59 Å². The molecule has 0 bridgehead atoms. The molecule has 27 heavy (non-hydrogen) atoms. The molecule has 1 aromatic heterocycles. The number of carbonyl (C=O) groups excluding carboxylic acids is 2. The van der Waals surface area contributed by atoms with Crippen LogP contribution in [-0.4, -0.2) is 70.0 Å². The molecule has 10 heteroatoms. The summed E-state index contributed by atoms with van der Waals surface area (Å²) in [6.07, 6.45) is 3.06. The molecule has 0 aliphatic carbocycles. The largest absolute Gasteiger partial charge is 0.351 e. The summed E-state index contributed by atoms with van der Waals surface area (Å²) in [5.41, 5.74) is -0.265. The van der Waals surface area contributed by atoms with Crippen LogP contribution in [0.25, 0.3) is 0 Å². The van der Waals surface area contributed by atoms with Crippen molar-refractivity contribution in [1.29, 1.82) is 0 Å². The number of nitrogens with zero attached hydrogens (tertiary/aromatic N) is 4. The minimum Gasteiger partial charge on any atom is -0.351 e. The Bertz CT molecular complexity index is 830. The van der Waals surface area contributed by atoms with Gasteiger partial charge in [0.05, 0.1) is 23.0 Å². The van der Waals surface area contributed by atoms with Crippen molar-refractivity contribution in [3.63, 3.8) is 0 Å². The van der Waals surface area contributed by atoms with Gasteiger partial charge in [0, 0.05) is 18.6 Å². The first-order valence-corrected chi connectivity index (χ1v) is 11.0. The Labute approximate surface area is 159 Å². The zero-order valence-corrected chi connectivity index (χ0v) is 17.0. The van der Waals surface area contributed by atoms with Crippen LogP contribution in [0.2, 0.25) is 0 Å². The summed E-state index contributed by atoms with van der Waals surface area (Å²) in [5.74, 6) is -0.999. The van der Waals surface area contributed by atoms with Crippen LogP contribution in [0.5, 0.6) is 0 Å². The highest BCUT2D eigenvalue weighted by Gasteiger charge is 2.41. The van der Waals surface area contributed by atoms with Gasteiger partial charge < -0.3 is 10.2 Å². The van der Waals surface area contributed by atoms with Crippen molar-refractivity contribution in [1.82, 2.24) is 25.0 Å². The van der Waals surface area contributed by atoms with Gasteiger partial charge in [0.2, 0.25) is 11.7 Å². The van der Waals surface area contributed by atoms with Crippen LogP contribution in [0.15, 0.2) is 6.33 Å². The number of piperidine rings is 1. The van der Waals surface area contributed by atoms with Crippen LogP contribution in [-0.2, 0) is 20.2 Å². The van der Waals surface area contributed by atoms with E-state index in [9.17, 15) is 18.0 Å². The van der Waals surface area contributed by atoms with Crippen LogP contribution >= 0.6 is 0 Å². The van der Waals surface area contributed by atoms with Crippen molar-refractivity contribution in [3.8, 4) is 0 Å². The Balaban J connectivity index is 1.65. The third kappa shape index (κ3) is 4.15. The van der Waals surface area contributed by atoms with Crippen LogP contribution in [0, 0.1) is 5.92 Å². The predicted molar refractivity (Wildman–Crippen MR) is 98.8 cm³/mol. The van der Waals surface area contributed by atoms with Crippen molar-refractivity contribution >= 4 is 21.7 Å². The van der Waals surface area contributed by atoms with E-state index >= 15 is 0 Å². The molecule has 3 heterocycles. The fraction of sp³-hybridized carbons (Fsp3) is 0.765. The number of hydrogen-bond donors (Lipinski definition) is 1. The van der Waals surface area contributed by atoms with Crippen molar-refractivity contribution in [3.05, 3.63) is 12.2 Å². The molecule has 0 saturated carbocycles. The number of aromatic nitrogens is 3. The predicted octanol–water partition coefficient (Wildman–Crippen LogP) is 0.187. The van der Waals surface area contributed by atoms with Gasteiger partial charge in [0.25, 0.3) is 5.91 Å². The summed E-state index contributed by atoms with van der Waals surface area (Å²) in [7, 11) is -3.04. The third-order valence-corrected chi connectivity index (χ3v) is 7.05. The van der Waals surface area contributed by atoms with Gasteiger partial charge in [0.1, 0.15) is 6.33 Å². The van der Waals surface area contributed by atoms with Crippen LogP contribution in [0.4, 0.5) is 0 Å². The van der Waals surface area contributed by atoms with Crippen molar-refractivity contribution in [2.24, 2.45) is 5.92 Å². The Morgan fingerprint density at radius 3 is 2.48 bits per heavy atom. The average Bonchev–Trinajstić information content (AvgIpc) is 3.04. The first-order chi connectivity index (χ1) is 12.5. The van der Waals surface area contributed by atoms with Crippen molar-refractivity contribution < 1.29 is 18.0 Å². The molecule has 0 aromatic carbocycles. The summed E-state index contributed by atoms with van der Waals surface area (Å²) in [6, 6.07) is -0.420. The molecule has 0 radical (unpaired) electrons. The highest BCUT2D eigenvalue weighted by molar-refractivity contribution is 7.92. The number of sulfone groups is 1. The summed E-state index contributed by atoms with van der Waals surface area (Å²) >= 11 is 0. The van der Waals surface area contributed by atoms with Gasteiger partial charge >= 0.3 is 0 Å². The molecule has 2 amide bonds. The molecule has 2 atom stereocenters. The van der Waals surface area contributed by atoms with Crippen molar-refractivity contribution in [2.75, 3.05) is 18.1 Å². The van der Waals surface area contributed by atoms with E-state index in [0.717, 1.165) is 12.8 Å². The molecular formula is C17H27N5O4S. The SMILES string of the molecule is CC1C(NC(=O)C2CS(=O)(=O)C2)CCCN1C(=O)c1ncn(C(C)(C)C)n1. The lowest BCUT2D eigenvalue weighted by Gasteiger charge is -2.40. The Morgan fingerprint density at radius 2 is 1.93 bits per heavy atom. The first kappa shape index (κ1) is 19.8. The normalized spacial score (nSPS) is 25.7. The summed E-state index contributed by atoms with van der Waals surface area (Å²) < 4.78 is 24.2. The first-order valence-electron chi connectivity index (χ1n) is 9.22. The lowest BCUT2D eigenvalue weighted by molar-refractivity contribution is -0.125. The zero-order valence-electron chi connectivity index (χ0n) is 16.2. The number of nitrogens with one attached hydrogen (secondary N) is 1. The van der Waals surface area contributed by atoms with Crippen LogP contribution < -0.4 is 5.32 Å². The zero-order chi connectivity index (χ0) is 20.0. The average molecular weight is 398 g/mol. The fourth-order valence-corrected chi connectivity index (χ4v) is 4.88. The van der Waals surface area contributed by atoms with E-state index in [1.165, 1.54) is 0 Å². The monoisotopic (exact) mass is 397 g/mol. The molecule has 2 saturated heterocycles. The summed E-state index contributed by atoms with van der Waals surface area (Å²) in [4.78, 5) is 31.0. The summed E-state index contributed by atoms with van der Waals surface area (Å²) in [6.45, 7) is 8.40. The van der Waals surface area contributed by atoms with E-state index in [0.29, 0.717) is 6.54 Å². The second-order valence-corrected chi connectivity index (χ2v) is 10.6. The van der Waals surface area contributed by atoms with Gasteiger partial charge in [-0.1, -0.05) is 0 Å². The van der Waals surface area contributed by atoms with Gasteiger partial charge in [-0.25, -0.2) is 18.1 Å². The number of carbonyl (C=O) groups is 2. The minimum absolute atomic E-state index is 0.0866. The maximum Gasteiger partial charge on any atom is 0.293 e. The van der Waals surface area contributed by atoms with Crippen molar-refractivity contribution in [2.45, 2.75) is 58.2 Å². The van der Waals surface area contributed by atoms with E-state index in [4.69, 9.17) is 0 Å². The van der Waals surface area contributed by atoms with Gasteiger partial charge in [0.15, 0.2) is 9.84 Å². The molecule has 2 fully saturated rings. The van der Waals surface area contributed by atoms with E-state index < -0.39 is 15.8 Å². The molecule has 2 unspecified atom stereocenters. The number of rotatable bonds is 3. The van der Waals surface area contributed by atoms with Crippen LogP contribution in [0.1, 0.15) is 51.2 Å². The molecule has 2 aliphatic heterocycles. The smallest absolute Gasteiger partial charge is 0.293 e.